The zero-order valence-electron chi connectivity index (χ0n) is 14.3. The van der Waals surface area contributed by atoms with Crippen LogP contribution < -0.4 is 14.8 Å². The van der Waals surface area contributed by atoms with Crippen LogP contribution in [-0.4, -0.2) is 57.0 Å². The number of amides is 2. The number of urea groups is 1. The van der Waals surface area contributed by atoms with Gasteiger partial charge in [-0.05, 0) is 31.9 Å². The second kappa shape index (κ2) is 8.06. The highest BCUT2D eigenvalue weighted by molar-refractivity contribution is 5.74. The molecule has 2 rings (SSSR count). The Balaban J connectivity index is 1.86. The lowest BCUT2D eigenvalue weighted by Crippen LogP contribution is -2.51. The summed E-state index contributed by atoms with van der Waals surface area (Å²) in [6.45, 7) is 5.78. The molecule has 0 bridgehead atoms. The molecule has 0 aromatic heterocycles. The molecule has 6 nitrogen and oxygen atoms in total. The monoisotopic (exact) mass is 322 g/mol. The molecule has 128 valence electrons. The fourth-order valence-corrected chi connectivity index (χ4v) is 2.82. The molecule has 1 aliphatic rings. The first-order chi connectivity index (χ1) is 11.0. The Labute approximate surface area is 137 Å². The molecule has 1 saturated heterocycles. The van der Waals surface area contributed by atoms with E-state index >= 15 is 0 Å². The van der Waals surface area contributed by atoms with E-state index in [4.69, 9.17) is 14.2 Å². The summed E-state index contributed by atoms with van der Waals surface area (Å²) in [5.41, 5.74) is 1.04. The van der Waals surface area contributed by atoms with Gasteiger partial charge in [0.1, 0.15) is 11.5 Å². The third-order valence-electron chi connectivity index (χ3n) is 3.87. The zero-order valence-corrected chi connectivity index (χ0v) is 14.3. The average Bonchev–Trinajstić information content (AvgIpc) is 2.54. The maximum Gasteiger partial charge on any atom is 0.317 e. The van der Waals surface area contributed by atoms with E-state index in [-0.39, 0.29) is 18.2 Å². The van der Waals surface area contributed by atoms with E-state index in [0.29, 0.717) is 26.1 Å². The number of rotatable bonds is 5. The molecule has 6 heteroatoms. The van der Waals surface area contributed by atoms with Crippen molar-refractivity contribution in [2.75, 3.05) is 33.9 Å². The standard InChI is InChI=1S/C17H26N2O4/c1-12-10-19(11-13(2)23-12)17(20)18-8-7-14-5-6-15(21-3)9-16(14)22-4/h5-6,9,12-13H,7-8,10-11H2,1-4H3,(H,18,20). The molecule has 1 N–H and O–H groups in total. The summed E-state index contributed by atoms with van der Waals surface area (Å²) >= 11 is 0. The lowest BCUT2D eigenvalue weighted by Gasteiger charge is -2.35. The van der Waals surface area contributed by atoms with Crippen molar-refractivity contribution in [2.45, 2.75) is 32.5 Å². The number of morpholine rings is 1. The SMILES string of the molecule is COc1ccc(CCNC(=O)N2CC(C)OC(C)C2)c(OC)c1. The Morgan fingerprint density at radius 2 is 1.96 bits per heavy atom. The topological polar surface area (TPSA) is 60.0 Å². The molecular weight excluding hydrogens is 296 g/mol. The van der Waals surface area contributed by atoms with E-state index in [9.17, 15) is 4.79 Å². The molecule has 2 unspecified atom stereocenters. The molecule has 0 saturated carbocycles. The van der Waals surface area contributed by atoms with Gasteiger partial charge in [-0.2, -0.15) is 0 Å². The second-order valence-electron chi connectivity index (χ2n) is 5.82. The smallest absolute Gasteiger partial charge is 0.317 e. The number of methoxy groups -OCH3 is 2. The van der Waals surface area contributed by atoms with E-state index < -0.39 is 0 Å². The lowest BCUT2D eigenvalue weighted by atomic mass is 10.1. The molecule has 1 aromatic rings. The molecule has 1 aliphatic heterocycles. The molecule has 0 radical (unpaired) electrons. The van der Waals surface area contributed by atoms with Crippen molar-refractivity contribution in [1.29, 1.82) is 0 Å². The highest BCUT2D eigenvalue weighted by Gasteiger charge is 2.25. The van der Waals surface area contributed by atoms with Gasteiger partial charge >= 0.3 is 6.03 Å². The van der Waals surface area contributed by atoms with Crippen LogP contribution in [0.1, 0.15) is 19.4 Å². The van der Waals surface area contributed by atoms with Crippen LogP contribution in [0.3, 0.4) is 0 Å². The van der Waals surface area contributed by atoms with Crippen molar-refractivity contribution < 1.29 is 19.0 Å². The summed E-state index contributed by atoms with van der Waals surface area (Å²) in [5.74, 6) is 1.53. The number of nitrogens with one attached hydrogen (secondary N) is 1. The number of ether oxygens (including phenoxy) is 3. The molecule has 1 heterocycles. The van der Waals surface area contributed by atoms with Crippen LogP contribution in [-0.2, 0) is 11.2 Å². The fraction of sp³-hybridized carbons (Fsp3) is 0.588. The summed E-state index contributed by atoms with van der Waals surface area (Å²) in [6.07, 6.45) is 0.853. The number of nitrogens with zero attached hydrogens (tertiary/aromatic N) is 1. The summed E-state index contributed by atoms with van der Waals surface area (Å²) in [4.78, 5) is 14.1. The van der Waals surface area contributed by atoms with Gasteiger partial charge in [0.2, 0.25) is 0 Å². The minimum Gasteiger partial charge on any atom is -0.497 e. The zero-order chi connectivity index (χ0) is 16.8. The first kappa shape index (κ1) is 17.4. The molecule has 2 atom stereocenters. The van der Waals surface area contributed by atoms with Gasteiger partial charge in [0.25, 0.3) is 0 Å². The molecule has 23 heavy (non-hydrogen) atoms. The van der Waals surface area contributed by atoms with Crippen LogP contribution in [0.25, 0.3) is 0 Å². The Hall–Kier alpha value is -1.95. The quantitative estimate of drug-likeness (QED) is 0.901. The van der Waals surface area contributed by atoms with Gasteiger partial charge in [0, 0.05) is 25.7 Å². The van der Waals surface area contributed by atoms with Gasteiger partial charge in [0.15, 0.2) is 0 Å². The summed E-state index contributed by atoms with van der Waals surface area (Å²) in [7, 11) is 3.26. The van der Waals surface area contributed by atoms with Gasteiger partial charge in [-0.1, -0.05) is 6.07 Å². The van der Waals surface area contributed by atoms with Crippen molar-refractivity contribution in [3.05, 3.63) is 23.8 Å². The minimum atomic E-state index is -0.0421. The Morgan fingerprint density at radius 1 is 1.26 bits per heavy atom. The fourth-order valence-electron chi connectivity index (χ4n) is 2.82. The van der Waals surface area contributed by atoms with Crippen LogP contribution >= 0.6 is 0 Å². The number of carbonyl (C=O) groups is 1. The van der Waals surface area contributed by atoms with Crippen LogP contribution in [0, 0.1) is 0 Å². The molecule has 1 aromatic carbocycles. The number of carbonyl (C=O) groups excluding carboxylic acids is 1. The van der Waals surface area contributed by atoms with Crippen molar-refractivity contribution in [3.63, 3.8) is 0 Å². The maximum atomic E-state index is 12.2. The van der Waals surface area contributed by atoms with Gasteiger partial charge in [-0.3, -0.25) is 0 Å². The van der Waals surface area contributed by atoms with Crippen LogP contribution in [0.2, 0.25) is 0 Å². The van der Waals surface area contributed by atoms with Gasteiger partial charge < -0.3 is 24.4 Å². The Bertz CT molecular complexity index is 525. The van der Waals surface area contributed by atoms with Crippen LogP contribution in [0.15, 0.2) is 18.2 Å². The number of hydrogen-bond donors (Lipinski definition) is 1. The second-order valence-corrected chi connectivity index (χ2v) is 5.82. The van der Waals surface area contributed by atoms with E-state index in [1.54, 1.807) is 14.2 Å². The number of benzene rings is 1. The first-order valence-corrected chi connectivity index (χ1v) is 7.92. The Kier molecular flexibility index (Phi) is 6.10. The van der Waals surface area contributed by atoms with Crippen LogP contribution in [0.4, 0.5) is 4.79 Å². The van der Waals surface area contributed by atoms with Gasteiger partial charge in [0.05, 0.1) is 26.4 Å². The summed E-state index contributed by atoms with van der Waals surface area (Å²) in [6, 6.07) is 5.66. The predicted molar refractivity (Wildman–Crippen MR) is 88.2 cm³/mol. The first-order valence-electron chi connectivity index (χ1n) is 7.92. The normalized spacial score (nSPS) is 21.0. The Morgan fingerprint density at radius 3 is 2.57 bits per heavy atom. The molecule has 2 amide bonds. The van der Waals surface area contributed by atoms with Crippen LogP contribution in [0.5, 0.6) is 11.5 Å². The van der Waals surface area contributed by atoms with Crippen molar-refractivity contribution in [1.82, 2.24) is 10.2 Å². The highest BCUT2D eigenvalue weighted by Crippen LogP contribution is 2.24. The average molecular weight is 322 g/mol. The molecule has 0 spiro atoms. The lowest BCUT2D eigenvalue weighted by molar-refractivity contribution is -0.0544. The molecule has 0 aliphatic carbocycles. The third kappa shape index (κ3) is 4.76. The van der Waals surface area contributed by atoms with Gasteiger partial charge in [-0.15, -0.1) is 0 Å². The minimum absolute atomic E-state index is 0.0421. The summed E-state index contributed by atoms with van der Waals surface area (Å²) < 4.78 is 16.2. The van der Waals surface area contributed by atoms with E-state index in [1.807, 2.05) is 36.9 Å². The van der Waals surface area contributed by atoms with E-state index in [1.165, 1.54) is 0 Å². The van der Waals surface area contributed by atoms with Crippen molar-refractivity contribution in [3.8, 4) is 11.5 Å². The number of hydrogen-bond acceptors (Lipinski definition) is 4. The molecular formula is C17H26N2O4. The molecule has 1 fully saturated rings. The maximum absolute atomic E-state index is 12.2. The predicted octanol–water partition coefficient (Wildman–Crippen LogP) is 2.07. The van der Waals surface area contributed by atoms with Crippen molar-refractivity contribution >= 4 is 6.03 Å². The van der Waals surface area contributed by atoms with E-state index in [0.717, 1.165) is 17.1 Å². The van der Waals surface area contributed by atoms with E-state index in [2.05, 4.69) is 5.32 Å². The third-order valence-corrected chi connectivity index (χ3v) is 3.87. The van der Waals surface area contributed by atoms with Gasteiger partial charge in [-0.25, -0.2) is 4.79 Å². The van der Waals surface area contributed by atoms with Crippen molar-refractivity contribution in [2.24, 2.45) is 0 Å². The largest absolute Gasteiger partial charge is 0.497 e. The highest BCUT2D eigenvalue weighted by atomic mass is 16.5. The summed E-state index contributed by atoms with van der Waals surface area (Å²) in [5, 5.41) is 2.97.